The third-order valence-electron chi connectivity index (χ3n) is 5.75. The van der Waals surface area contributed by atoms with E-state index in [0.717, 1.165) is 0 Å². The average molecular weight is 519 g/mol. The van der Waals surface area contributed by atoms with Crippen LogP contribution < -0.4 is 15.4 Å². The zero-order chi connectivity index (χ0) is 24.0. The van der Waals surface area contributed by atoms with Gasteiger partial charge >= 0.3 is 6.18 Å². The molecular formula is C21H23BrF4N4O2. The number of benzene rings is 1. The number of pyridine rings is 1. The van der Waals surface area contributed by atoms with Gasteiger partial charge in [0.15, 0.2) is 0 Å². The Morgan fingerprint density at radius 1 is 1.22 bits per heavy atom. The topological polar surface area (TPSA) is 71.7 Å². The van der Waals surface area contributed by atoms with Crippen LogP contribution in [0.2, 0.25) is 0 Å². The molecule has 1 aliphatic heterocycles. The highest BCUT2D eigenvalue weighted by Gasteiger charge is 2.39. The maximum Gasteiger partial charge on any atom is 0.417 e. The number of methoxy groups -OCH3 is 1. The number of rotatable bonds is 4. The molecule has 0 saturated carbocycles. The summed E-state index contributed by atoms with van der Waals surface area (Å²) in [6.45, 7) is 4.99. The van der Waals surface area contributed by atoms with Gasteiger partial charge in [-0.1, -0.05) is 0 Å². The molecule has 0 unspecified atom stereocenters. The zero-order valence-electron chi connectivity index (χ0n) is 17.9. The van der Waals surface area contributed by atoms with Crippen molar-refractivity contribution in [3.63, 3.8) is 0 Å². The maximum atomic E-state index is 14.6. The Labute approximate surface area is 191 Å². The molecule has 1 saturated heterocycles. The Morgan fingerprint density at radius 2 is 1.81 bits per heavy atom. The summed E-state index contributed by atoms with van der Waals surface area (Å²) in [6.07, 6.45) is -4.89. The highest BCUT2D eigenvalue weighted by atomic mass is 79.9. The molecule has 6 nitrogen and oxygen atoms in total. The van der Waals surface area contributed by atoms with Crippen molar-refractivity contribution in [3.05, 3.63) is 39.6 Å². The molecule has 3 rings (SSSR count). The van der Waals surface area contributed by atoms with E-state index in [1.807, 2.05) is 25.8 Å². The van der Waals surface area contributed by atoms with Gasteiger partial charge in [-0.25, -0.2) is 9.37 Å². The van der Waals surface area contributed by atoms with Crippen LogP contribution in [0.4, 0.5) is 23.2 Å². The number of nitrogens with two attached hydrogens (primary N) is 1. The number of amides is 1. The molecule has 32 heavy (non-hydrogen) atoms. The Kier molecular flexibility index (Phi) is 6.71. The van der Waals surface area contributed by atoms with Crippen molar-refractivity contribution < 1.29 is 27.1 Å². The minimum atomic E-state index is -4.89. The molecule has 0 radical (unpaired) electrons. The lowest BCUT2D eigenvalue weighted by Gasteiger charge is -2.44. The van der Waals surface area contributed by atoms with E-state index < -0.39 is 29.0 Å². The number of nitrogens with zero attached hydrogens (tertiary/aromatic N) is 3. The van der Waals surface area contributed by atoms with Gasteiger partial charge in [-0.3, -0.25) is 9.69 Å². The van der Waals surface area contributed by atoms with Crippen LogP contribution in [0, 0.1) is 5.82 Å². The van der Waals surface area contributed by atoms with Crippen molar-refractivity contribution >= 4 is 27.5 Å². The summed E-state index contributed by atoms with van der Waals surface area (Å²) in [4.78, 5) is 20.3. The predicted molar refractivity (Wildman–Crippen MR) is 116 cm³/mol. The van der Waals surface area contributed by atoms with Crippen LogP contribution in [-0.4, -0.2) is 55.1 Å². The minimum absolute atomic E-state index is 0.0140. The standard InChI is InChI=1S/C21H23BrF4N4O2/c1-10-8-30(9-11(2)29(10)3)16-7-15(23)14(22)5-12(16)19-18(20(27)31)13(21(24,25)26)6-17(28-19)32-4/h5-7,10-11H,8-9H2,1-4H3,(H2,27,31)/t10-,11+. The summed E-state index contributed by atoms with van der Waals surface area (Å²) < 4.78 is 60.9. The number of hydrogen-bond acceptors (Lipinski definition) is 5. The first-order chi connectivity index (χ1) is 14.8. The number of anilines is 1. The van der Waals surface area contributed by atoms with Crippen molar-refractivity contribution in [3.8, 4) is 17.1 Å². The summed E-state index contributed by atoms with van der Waals surface area (Å²) in [7, 11) is 3.14. The Morgan fingerprint density at radius 3 is 2.31 bits per heavy atom. The van der Waals surface area contributed by atoms with Crippen LogP contribution in [0.15, 0.2) is 22.7 Å². The molecule has 2 N–H and O–H groups in total. The fourth-order valence-corrected chi connectivity index (χ4v) is 4.23. The highest BCUT2D eigenvalue weighted by molar-refractivity contribution is 9.10. The van der Waals surface area contributed by atoms with Gasteiger partial charge in [0.2, 0.25) is 5.88 Å². The molecule has 1 aromatic carbocycles. The smallest absolute Gasteiger partial charge is 0.417 e. The molecule has 0 spiro atoms. The number of likely N-dealkylation sites (N-methyl/N-ethyl adjacent to an activating group) is 1. The summed E-state index contributed by atoms with van der Waals surface area (Å²) >= 11 is 3.09. The quantitative estimate of drug-likeness (QED) is 0.610. The Hall–Kier alpha value is -2.40. The van der Waals surface area contributed by atoms with Gasteiger partial charge in [0, 0.05) is 42.5 Å². The summed E-state index contributed by atoms with van der Waals surface area (Å²) in [6, 6.07) is 3.36. The van der Waals surface area contributed by atoms with E-state index in [0.29, 0.717) is 24.8 Å². The second kappa shape index (κ2) is 8.86. The molecule has 0 bridgehead atoms. The van der Waals surface area contributed by atoms with Crippen LogP contribution in [0.25, 0.3) is 11.3 Å². The predicted octanol–water partition coefficient (Wildman–Crippen LogP) is 4.31. The first kappa shape index (κ1) is 24.2. The van der Waals surface area contributed by atoms with Crippen LogP contribution in [0.5, 0.6) is 5.88 Å². The number of hydrogen-bond donors (Lipinski definition) is 1. The largest absolute Gasteiger partial charge is 0.481 e. The number of ether oxygens (including phenoxy) is 1. The van der Waals surface area contributed by atoms with Crippen molar-refractivity contribution in [2.45, 2.75) is 32.1 Å². The lowest BCUT2D eigenvalue weighted by Crippen LogP contribution is -2.55. The van der Waals surface area contributed by atoms with E-state index in [-0.39, 0.29) is 33.7 Å². The minimum Gasteiger partial charge on any atom is -0.481 e. The van der Waals surface area contributed by atoms with Gasteiger partial charge in [-0.2, -0.15) is 13.2 Å². The number of piperazine rings is 1. The molecule has 174 valence electrons. The van der Waals surface area contributed by atoms with Crippen LogP contribution >= 0.6 is 15.9 Å². The normalized spacial score (nSPS) is 19.8. The van der Waals surface area contributed by atoms with Crippen molar-refractivity contribution in [2.24, 2.45) is 5.73 Å². The fraction of sp³-hybridized carbons (Fsp3) is 0.429. The van der Waals surface area contributed by atoms with Crippen LogP contribution in [0.3, 0.4) is 0 Å². The van der Waals surface area contributed by atoms with Crippen LogP contribution in [-0.2, 0) is 6.18 Å². The van der Waals surface area contributed by atoms with Crippen molar-refractivity contribution in [1.29, 1.82) is 0 Å². The molecule has 2 aromatic rings. The Bertz CT molecular complexity index is 1040. The van der Waals surface area contributed by atoms with E-state index in [2.05, 4.69) is 25.8 Å². The number of halogens is 5. The Balaban J connectivity index is 2.33. The van der Waals surface area contributed by atoms with E-state index >= 15 is 0 Å². The van der Waals surface area contributed by atoms with E-state index in [4.69, 9.17) is 10.5 Å². The number of carbonyl (C=O) groups is 1. The number of carbonyl (C=O) groups excluding carboxylic acids is 1. The zero-order valence-corrected chi connectivity index (χ0v) is 19.5. The molecule has 1 aromatic heterocycles. The second-order valence-corrected chi connectivity index (χ2v) is 8.70. The summed E-state index contributed by atoms with van der Waals surface area (Å²) in [5.41, 5.74) is 3.44. The van der Waals surface area contributed by atoms with E-state index in [1.165, 1.54) is 19.2 Å². The number of alkyl halides is 3. The lowest BCUT2D eigenvalue weighted by molar-refractivity contribution is -0.138. The molecular weight excluding hydrogens is 496 g/mol. The molecule has 11 heteroatoms. The number of aromatic nitrogens is 1. The molecule has 2 heterocycles. The van der Waals surface area contributed by atoms with Gasteiger partial charge in [-0.05, 0) is 49.0 Å². The van der Waals surface area contributed by atoms with Crippen molar-refractivity contribution in [2.75, 3.05) is 32.1 Å². The monoisotopic (exact) mass is 518 g/mol. The van der Waals surface area contributed by atoms with E-state index in [1.54, 1.807) is 0 Å². The summed E-state index contributed by atoms with van der Waals surface area (Å²) in [5, 5.41) is 0. The summed E-state index contributed by atoms with van der Waals surface area (Å²) in [5.74, 6) is -2.24. The molecule has 1 aliphatic rings. The van der Waals surface area contributed by atoms with Gasteiger partial charge in [-0.15, -0.1) is 0 Å². The van der Waals surface area contributed by atoms with Gasteiger partial charge in [0.05, 0.1) is 28.4 Å². The molecule has 2 atom stereocenters. The highest BCUT2D eigenvalue weighted by Crippen LogP contribution is 2.42. The van der Waals surface area contributed by atoms with Crippen molar-refractivity contribution in [1.82, 2.24) is 9.88 Å². The van der Waals surface area contributed by atoms with Gasteiger partial charge in [0.1, 0.15) is 5.82 Å². The molecule has 0 aliphatic carbocycles. The third-order valence-corrected chi connectivity index (χ3v) is 6.36. The average Bonchev–Trinajstić information content (AvgIpc) is 2.71. The number of primary amides is 1. The fourth-order valence-electron chi connectivity index (χ4n) is 3.88. The first-order valence-corrected chi connectivity index (χ1v) is 10.6. The van der Waals surface area contributed by atoms with Gasteiger partial charge in [0.25, 0.3) is 5.91 Å². The molecule has 1 fully saturated rings. The third kappa shape index (κ3) is 4.54. The molecule has 1 amide bonds. The first-order valence-electron chi connectivity index (χ1n) is 9.77. The maximum absolute atomic E-state index is 14.6. The van der Waals surface area contributed by atoms with Gasteiger partial charge < -0.3 is 15.4 Å². The SMILES string of the molecule is COc1cc(C(F)(F)F)c(C(N)=O)c(-c2cc(Br)c(F)cc2N2C[C@@H](C)N(C)[C@@H](C)C2)n1. The van der Waals surface area contributed by atoms with E-state index in [9.17, 15) is 22.4 Å². The van der Waals surface area contributed by atoms with Crippen LogP contribution in [0.1, 0.15) is 29.8 Å². The second-order valence-electron chi connectivity index (χ2n) is 7.85. The lowest BCUT2D eigenvalue weighted by atomic mass is 9.97.